The van der Waals surface area contributed by atoms with E-state index < -0.39 is 0 Å². The molecule has 0 unspecified atom stereocenters. The largest absolute Gasteiger partial charge is 0.472 e. The Morgan fingerprint density at radius 1 is 1.48 bits per heavy atom. The standard InChI is InChI=1S/C15H22N4O2/c1-3-6-18(2)14-9-15(20)19(17-11-14)7-5-16-10-13-4-8-21-12-13/h4,8-9,11-12,16H,3,5-7,10H2,1-2H3. The highest BCUT2D eigenvalue weighted by Crippen LogP contribution is 2.06. The van der Waals surface area contributed by atoms with Gasteiger partial charge in [0.05, 0.1) is 31.0 Å². The highest BCUT2D eigenvalue weighted by atomic mass is 16.3. The van der Waals surface area contributed by atoms with E-state index in [4.69, 9.17) is 4.42 Å². The Morgan fingerprint density at radius 2 is 2.33 bits per heavy atom. The lowest BCUT2D eigenvalue weighted by Crippen LogP contribution is -2.29. The summed E-state index contributed by atoms with van der Waals surface area (Å²) in [5.74, 6) is 0. The molecule has 0 aliphatic rings. The van der Waals surface area contributed by atoms with Gasteiger partial charge in [-0.1, -0.05) is 6.92 Å². The number of hydrogen-bond donors (Lipinski definition) is 1. The zero-order chi connectivity index (χ0) is 15.1. The van der Waals surface area contributed by atoms with Crippen molar-refractivity contribution in [2.24, 2.45) is 0 Å². The molecule has 0 aromatic carbocycles. The molecule has 2 rings (SSSR count). The smallest absolute Gasteiger partial charge is 0.268 e. The molecule has 0 aliphatic carbocycles. The van der Waals surface area contributed by atoms with Gasteiger partial charge in [0.15, 0.2) is 0 Å². The quantitative estimate of drug-likeness (QED) is 0.746. The van der Waals surface area contributed by atoms with Crippen molar-refractivity contribution >= 4 is 5.69 Å². The molecular formula is C15H22N4O2. The lowest BCUT2D eigenvalue weighted by Gasteiger charge is -2.17. The molecule has 21 heavy (non-hydrogen) atoms. The zero-order valence-electron chi connectivity index (χ0n) is 12.6. The van der Waals surface area contributed by atoms with Crippen LogP contribution in [0.25, 0.3) is 0 Å². The van der Waals surface area contributed by atoms with Crippen molar-refractivity contribution in [3.63, 3.8) is 0 Å². The van der Waals surface area contributed by atoms with Crippen LogP contribution in [0.4, 0.5) is 5.69 Å². The molecule has 0 aliphatic heterocycles. The summed E-state index contributed by atoms with van der Waals surface area (Å²) >= 11 is 0. The van der Waals surface area contributed by atoms with Crippen LogP contribution in [0.3, 0.4) is 0 Å². The summed E-state index contributed by atoms with van der Waals surface area (Å²) in [4.78, 5) is 14.0. The minimum absolute atomic E-state index is 0.0689. The van der Waals surface area contributed by atoms with Gasteiger partial charge < -0.3 is 14.6 Å². The summed E-state index contributed by atoms with van der Waals surface area (Å²) in [5, 5.41) is 7.47. The predicted molar refractivity (Wildman–Crippen MR) is 82.5 cm³/mol. The van der Waals surface area contributed by atoms with Crippen molar-refractivity contribution in [3.05, 3.63) is 46.8 Å². The minimum Gasteiger partial charge on any atom is -0.472 e. The fourth-order valence-corrected chi connectivity index (χ4v) is 2.08. The van der Waals surface area contributed by atoms with E-state index in [1.807, 2.05) is 18.0 Å². The van der Waals surface area contributed by atoms with Gasteiger partial charge in [-0.3, -0.25) is 4.79 Å². The Kier molecular flexibility index (Phi) is 5.57. The summed E-state index contributed by atoms with van der Waals surface area (Å²) in [6.45, 7) is 4.98. The first-order valence-electron chi connectivity index (χ1n) is 7.21. The van der Waals surface area contributed by atoms with Gasteiger partial charge in [0, 0.05) is 38.3 Å². The fourth-order valence-electron chi connectivity index (χ4n) is 2.08. The van der Waals surface area contributed by atoms with E-state index in [0.29, 0.717) is 13.1 Å². The first-order chi connectivity index (χ1) is 10.2. The predicted octanol–water partition coefficient (Wildman–Crippen LogP) is 1.47. The molecule has 2 aromatic heterocycles. The number of nitrogens with one attached hydrogen (secondary N) is 1. The van der Waals surface area contributed by atoms with Crippen LogP contribution < -0.4 is 15.8 Å². The molecule has 0 saturated heterocycles. The van der Waals surface area contributed by atoms with Gasteiger partial charge >= 0.3 is 0 Å². The molecule has 0 atom stereocenters. The number of nitrogens with zero attached hydrogens (tertiary/aromatic N) is 3. The van der Waals surface area contributed by atoms with Crippen LogP contribution in [0.1, 0.15) is 18.9 Å². The van der Waals surface area contributed by atoms with E-state index in [2.05, 4.69) is 17.3 Å². The molecule has 0 fully saturated rings. The second-order valence-electron chi connectivity index (χ2n) is 5.01. The Bertz CT molecular complexity index is 592. The second kappa shape index (κ2) is 7.64. The summed E-state index contributed by atoms with van der Waals surface area (Å²) in [6.07, 6.45) is 6.13. The number of hydrogen-bond acceptors (Lipinski definition) is 5. The molecule has 6 nitrogen and oxygen atoms in total. The molecule has 0 amide bonds. The van der Waals surface area contributed by atoms with Crippen LogP contribution in [0.5, 0.6) is 0 Å². The minimum atomic E-state index is -0.0689. The fraction of sp³-hybridized carbons (Fsp3) is 0.467. The summed E-state index contributed by atoms with van der Waals surface area (Å²) in [6, 6.07) is 3.55. The number of furan rings is 1. The number of rotatable bonds is 8. The van der Waals surface area contributed by atoms with Crippen molar-refractivity contribution in [1.82, 2.24) is 15.1 Å². The summed E-state index contributed by atoms with van der Waals surface area (Å²) in [5.41, 5.74) is 1.89. The highest BCUT2D eigenvalue weighted by molar-refractivity contribution is 5.41. The molecule has 2 aromatic rings. The maximum absolute atomic E-state index is 12.0. The maximum Gasteiger partial charge on any atom is 0.268 e. The first-order valence-corrected chi connectivity index (χ1v) is 7.21. The molecule has 6 heteroatoms. The normalized spacial score (nSPS) is 10.8. The van der Waals surface area contributed by atoms with Crippen LogP contribution in [-0.4, -0.2) is 29.9 Å². The van der Waals surface area contributed by atoms with Gasteiger partial charge in [-0.25, -0.2) is 4.68 Å². The Balaban J connectivity index is 1.84. The van der Waals surface area contributed by atoms with E-state index >= 15 is 0 Å². The van der Waals surface area contributed by atoms with Crippen LogP contribution in [0, 0.1) is 0 Å². The lowest BCUT2D eigenvalue weighted by atomic mass is 10.3. The van der Waals surface area contributed by atoms with Crippen molar-refractivity contribution in [3.8, 4) is 0 Å². The number of anilines is 1. The maximum atomic E-state index is 12.0. The lowest BCUT2D eigenvalue weighted by molar-refractivity contribution is 0.526. The highest BCUT2D eigenvalue weighted by Gasteiger charge is 2.04. The van der Waals surface area contributed by atoms with E-state index in [9.17, 15) is 4.79 Å². The van der Waals surface area contributed by atoms with Crippen LogP contribution in [0.2, 0.25) is 0 Å². The second-order valence-corrected chi connectivity index (χ2v) is 5.01. The van der Waals surface area contributed by atoms with Crippen molar-refractivity contribution in [2.45, 2.75) is 26.4 Å². The molecule has 0 radical (unpaired) electrons. The monoisotopic (exact) mass is 290 g/mol. The van der Waals surface area contributed by atoms with Crippen molar-refractivity contribution < 1.29 is 4.42 Å². The topological polar surface area (TPSA) is 63.3 Å². The van der Waals surface area contributed by atoms with E-state index in [1.165, 1.54) is 4.68 Å². The Labute approximate surface area is 124 Å². The third-order valence-corrected chi connectivity index (χ3v) is 3.26. The molecule has 0 spiro atoms. The molecule has 0 saturated carbocycles. The Hall–Kier alpha value is -2.08. The van der Waals surface area contributed by atoms with Crippen LogP contribution in [0.15, 0.2) is 40.1 Å². The third-order valence-electron chi connectivity index (χ3n) is 3.26. The van der Waals surface area contributed by atoms with E-state index in [1.54, 1.807) is 24.8 Å². The Morgan fingerprint density at radius 3 is 3.00 bits per heavy atom. The van der Waals surface area contributed by atoms with Crippen molar-refractivity contribution in [1.29, 1.82) is 0 Å². The third kappa shape index (κ3) is 4.46. The molecule has 2 heterocycles. The van der Waals surface area contributed by atoms with Gasteiger partial charge in [0.1, 0.15) is 0 Å². The SMILES string of the molecule is CCCN(C)c1cnn(CCNCc2ccoc2)c(=O)c1. The van der Waals surface area contributed by atoms with E-state index in [0.717, 1.165) is 30.8 Å². The zero-order valence-corrected chi connectivity index (χ0v) is 12.6. The van der Waals surface area contributed by atoms with Gasteiger partial charge in [-0.2, -0.15) is 5.10 Å². The first kappa shape index (κ1) is 15.3. The van der Waals surface area contributed by atoms with Crippen molar-refractivity contribution in [2.75, 3.05) is 25.0 Å². The molecule has 1 N–H and O–H groups in total. The molecule has 0 bridgehead atoms. The summed E-state index contributed by atoms with van der Waals surface area (Å²) < 4.78 is 6.47. The molecular weight excluding hydrogens is 268 g/mol. The summed E-state index contributed by atoms with van der Waals surface area (Å²) in [7, 11) is 1.97. The van der Waals surface area contributed by atoms with Crippen LogP contribution >= 0.6 is 0 Å². The van der Waals surface area contributed by atoms with Gasteiger partial charge in [-0.15, -0.1) is 0 Å². The average Bonchev–Trinajstić information content (AvgIpc) is 2.98. The average molecular weight is 290 g/mol. The van der Waals surface area contributed by atoms with Gasteiger partial charge in [0.25, 0.3) is 5.56 Å². The van der Waals surface area contributed by atoms with Crippen LogP contribution in [-0.2, 0) is 13.1 Å². The molecule has 114 valence electrons. The van der Waals surface area contributed by atoms with Gasteiger partial charge in [-0.05, 0) is 12.5 Å². The van der Waals surface area contributed by atoms with Gasteiger partial charge in [0.2, 0.25) is 0 Å². The van der Waals surface area contributed by atoms with E-state index in [-0.39, 0.29) is 5.56 Å². The number of aromatic nitrogens is 2.